The first-order valence-electron chi connectivity index (χ1n) is 4.74. The minimum absolute atomic E-state index is 0.335. The Morgan fingerprint density at radius 3 is 2.56 bits per heavy atom. The van der Waals surface area contributed by atoms with E-state index in [1.807, 2.05) is 0 Å². The molecule has 0 spiro atoms. The van der Waals surface area contributed by atoms with Crippen molar-refractivity contribution in [2.75, 3.05) is 6.61 Å². The van der Waals surface area contributed by atoms with E-state index in [-0.39, 0.29) is 0 Å². The van der Waals surface area contributed by atoms with Gasteiger partial charge in [-0.25, -0.2) is 4.79 Å². The number of nitrogens with two attached hydrogens (primary N) is 1. The molecule has 0 saturated heterocycles. The van der Waals surface area contributed by atoms with E-state index >= 15 is 0 Å². The quantitative estimate of drug-likeness (QED) is 0.452. The highest BCUT2D eigenvalue weighted by molar-refractivity contribution is 5.74. The fraction of sp³-hybridized carbons (Fsp3) is 0.300. The van der Waals surface area contributed by atoms with Crippen LogP contribution in [0.4, 0.5) is 5.69 Å². The fourth-order valence-electron chi connectivity index (χ4n) is 1.26. The van der Waals surface area contributed by atoms with Gasteiger partial charge in [-0.3, -0.25) is 0 Å². The third kappa shape index (κ3) is 3.03. The summed E-state index contributed by atoms with van der Waals surface area (Å²) in [6.07, 6.45) is -0.950. The minimum atomic E-state index is -1.02. The van der Waals surface area contributed by atoms with Crippen molar-refractivity contribution in [1.82, 2.24) is 0 Å². The monoisotopic (exact) mass is 223 g/mol. The van der Waals surface area contributed by atoms with Gasteiger partial charge in [0.05, 0.1) is 5.69 Å². The van der Waals surface area contributed by atoms with Crippen molar-refractivity contribution in [1.29, 1.82) is 0 Å². The Morgan fingerprint density at radius 2 is 2.12 bits per heavy atom. The van der Waals surface area contributed by atoms with E-state index in [2.05, 4.69) is 10.3 Å². The third-order valence-electron chi connectivity index (χ3n) is 1.93. The normalized spacial score (nSPS) is 12.8. The molecule has 0 heterocycles. The molecular formula is C10H13N3O3. The molecule has 0 amide bonds. The van der Waals surface area contributed by atoms with E-state index in [1.54, 1.807) is 31.2 Å². The van der Waals surface area contributed by atoms with Crippen LogP contribution in [-0.4, -0.2) is 17.7 Å². The van der Waals surface area contributed by atoms with Gasteiger partial charge >= 0.3 is 5.97 Å². The number of carboxylic acids is 1. The number of ether oxygens (including phenoxy) is 1. The molecule has 0 saturated carbocycles. The lowest BCUT2D eigenvalue weighted by atomic mass is 10.1. The third-order valence-corrected chi connectivity index (χ3v) is 1.93. The first-order chi connectivity index (χ1) is 7.69. The van der Waals surface area contributed by atoms with Gasteiger partial charge in [0.25, 0.3) is 0 Å². The summed E-state index contributed by atoms with van der Waals surface area (Å²) in [6.45, 7) is 2.08. The minimum Gasteiger partial charge on any atom is -0.479 e. The van der Waals surface area contributed by atoms with E-state index in [1.165, 1.54) is 0 Å². The Bertz CT molecular complexity index is 375. The molecule has 1 aromatic carbocycles. The first kappa shape index (κ1) is 12.1. The Morgan fingerprint density at radius 1 is 1.50 bits per heavy atom. The van der Waals surface area contributed by atoms with Crippen LogP contribution < -0.4 is 5.84 Å². The van der Waals surface area contributed by atoms with Crippen molar-refractivity contribution in [3.8, 4) is 0 Å². The molecule has 0 bridgehead atoms. The van der Waals surface area contributed by atoms with Crippen molar-refractivity contribution < 1.29 is 14.6 Å². The van der Waals surface area contributed by atoms with Gasteiger partial charge in [0.2, 0.25) is 0 Å². The standard InChI is InChI=1S/C10H13N3O3/c1-2-16-9(10(14)15)7-3-5-8(6-4-7)12-13-11/h3-6,9H,2H2,1H3,(H2,11,12)(H,14,15). The number of rotatable bonds is 5. The number of benzene rings is 1. The number of nitrogens with zero attached hydrogens (tertiary/aromatic N) is 2. The maximum Gasteiger partial charge on any atom is 0.337 e. The smallest absolute Gasteiger partial charge is 0.337 e. The lowest BCUT2D eigenvalue weighted by molar-refractivity contribution is -0.150. The summed E-state index contributed by atoms with van der Waals surface area (Å²) in [7, 11) is 0. The number of carboxylic acid groups (broad SMARTS) is 1. The predicted octanol–water partition coefficient (Wildman–Crippen LogP) is 1.81. The van der Waals surface area contributed by atoms with Crippen LogP contribution >= 0.6 is 0 Å². The van der Waals surface area contributed by atoms with Crippen LogP contribution in [0.3, 0.4) is 0 Å². The van der Waals surface area contributed by atoms with Crippen molar-refractivity contribution >= 4 is 11.7 Å². The predicted molar refractivity (Wildman–Crippen MR) is 57.1 cm³/mol. The van der Waals surface area contributed by atoms with Gasteiger partial charge < -0.3 is 15.7 Å². The van der Waals surface area contributed by atoms with Gasteiger partial charge in [-0.15, -0.1) is 5.11 Å². The molecule has 0 aromatic heterocycles. The van der Waals surface area contributed by atoms with Gasteiger partial charge in [-0.1, -0.05) is 17.4 Å². The molecule has 6 heteroatoms. The summed E-state index contributed by atoms with van der Waals surface area (Å²) in [5, 5.41) is 15.7. The molecule has 1 atom stereocenters. The highest BCUT2D eigenvalue weighted by atomic mass is 16.5. The molecule has 86 valence electrons. The van der Waals surface area contributed by atoms with Crippen LogP contribution in [0.15, 0.2) is 34.6 Å². The molecule has 0 aliphatic rings. The van der Waals surface area contributed by atoms with Crippen LogP contribution in [0.5, 0.6) is 0 Å². The molecule has 1 unspecified atom stereocenters. The number of hydrogen-bond acceptors (Lipinski definition) is 4. The maximum absolute atomic E-state index is 10.9. The molecule has 0 aliphatic carbocycles. The lowest BCUT2D eigenvalue weighted by Crippen LogP contribution is -2.15. The Balaban J connectivity index is 2.89. The van der Waals surface area contributed by atoms with Crippen LogP contribution in [-0.2, 0) is 9.53 Å². The highest BCUT2D eigenvalue weighted by Crippen LogP contribution is 2.21. The van der Waals surface area contributed by atoms with Crippen molar-refractivity contribution in [2.45, 2.75) is 13.0 Å². The highest BCUT2D eigenvalue weighted by Gasteiger charge is 2.19. The Kier molecular flexibility index (Phi) is 4.41. The molecule has 0 fully saturated rings. The van der Waals surface area contributed by atoms with Gasteiger partial charge in [-0.05, 0) is 24.6 Å². The number of carbonyl (C=O) groups is 1. The molecule has 1 aromatic rings. The van der Waals surface area contributed by atoms with Crippen molar-refractivity contribution in [3.63, 3.8) is 0 Å². The summed E-state index contributed by atoms with van der Waals surface area (Å²) in [5.74, 6) is 3.88. The fourth-order valence-corrected chi connectivity index (χ4v) is 1.26. The van der Waals surface area contributed by atoms with Crippen LogP contribution in [0.2, 0.25) is 0 Å². The lowest BCUT2D eigenvalue weighted by Gasteiger charge is -2.12. The Labute approximate surface area is 92.7 Å². The van der Waals surface area contributed by atoms with Crippen LogP contribution in [0.1, 0.15) is 18.6 Å². The zero-order valence-electron chi connectivity index (χ0n) is 8.83. The topological polar surface area (TPSA) is 97.3 Å². The summed E-state index contributed by atoms with van der Waals surface area (Å²) in [5.41, 5.74) is 1.12. The molecular weight excluding hydrogens is 210 g/mol. The average Bonchev–Trinajstić information content (AvgIpc) is 2.27. The van der Waals surface area contributed by atoms with E-state index in [9.17, 15) is 4.79 Å². The van der Waals surface area contributed by atoms with Crippen molar-refractivity contribution in [3.05, 3.63) is 29.8 Å². The van der Waals surface area contributed by atoms with E-state index in [0.717, 1.165) is 0 Å². The molecule has 1 rings (SSSR count). The second kappa shape index (κ2) is 5.82. The number of hydrogen-bond donors (Lipinski definition) is 2. The van der Waals surface area contributed by atoms with Gasteiger partial charge in [0.15, 0.2) is 6.10 Å². The number of aliphatic carboxylic acids is 1. The largest absolute Gasteiger partial charge is 0.479 e. The first-order valence-corrected chi connectivity index (χ1v) is 4.74. The summed E-state index contributed by atoms with van der Waals surface area (Å²) >= 11 is 0. The molecule has 0 aliphatic heterocycles. The van der Waals surface area contributed by atoms with Gasteiger partial charge in [0, 0.05) is 6.61 Å². The summed E-state index contributed by atoms with van der Waals surface area (Å²) in [6, 6.07) is 6.50. The van der Waals surface area contributed by atoms with Gasteiger partial charge in [-0.2, -0.15) is 0 Å². The molecule has 6 nitrogen and oxygen atoms in total. The van der Waals surface area contributed by atoms with Crippen molar-refractivity contribution in [2.24, 2.45) is 16.2 Å². The van der Waals surface area contributed by atoms with E-state index in [4.69, 9.17) is 15.7 Å². The second-order valence-corrected chi connectivity index (χ2v) is 2.98. The zero-order chi connectivity index (χ0) is 12.0. The maximum atomic E-state index is 10.9. The molecule has 0 radical (unpaired) electrons. The molecule has 16 heavy (non-hydrogen) atoms. The zero-order valence-corrected chi connectivity index (χ0v) is 8.83. The molecule has 3 N–H and O–H groups in total. The van der Waals surface area contributed by atoms with Gasteiger partial charge in [0.1, 0.15) is 0 Å². The second-order valence-electron chi connectivity index (χ2n) is 2.98. The van der Waals surface area contributed by atoms with E-state index in [0.29, 0.717) is 17.9 Å². The van der Waals surface area contributed by atoms with Crippen LogP contribution in [0, 0.1) is 0 Å². The summed E-state index contributed by atoms with van der Waals surface area (Å²) in [4.78, 5) is 10.9. The SMILES string of the molecule is CCOC(C(=O)O)c1ccc(N=NN)cc1. The Hall–Kier alpha value is -1.95. The average molecular weight is 223 g/mol. The van der Waals surface area contributed by atoms with Crippen LogP contribution in [0.25, 0.3) is 0 Å². The summed E-state index contributed by atoms with van der Waals surface area (Å²) < 4.78 is 5.11. The van der Waals surface area contributed by atoms with E-state index < -0.39 is 12.1 Å².